The first-order chi connectivity index (χ1) is 34.5. The van der Waals surface area contributed by atoms with Gasteiger partial charge in [0, 0.05) is 80.4 Å². The molecular weight excluding hydrogens is 923 g/mol. The van der Waals surface area contributed by atoms with Gasteiger partial charge in [-0.25, -0.2) is 14.2 Å². The molecule has 386 valence electrons. The number of ether oxygens (including phenoxy) is 2. The highest BCUT2D eigenvalue weighted by Gasteiger charge is 2.52. The van der Waals surface area contributed by atoms with E-state index >= 15 is 8.78 Å². The number of hydrazine groups is 1. The second kappa shape index (κ2) is 21.0. The van der Waals surface area contributed by atoms with E-state index in [4.69, 9.17) is 14.5 Å². The van der Waals surface area contributed by atoms with E-state index in [0.29, 0.717) is 61.3 Å². The number of amides is 4. The standard InChI is InChI=1S/C55H70F2N8O7/c1-8-64-43-20-19-35-27-39(43)40(49(64)38-15-11-21-58-45(38)31(2)71-7)28-55(3,4)30-72-54(70)41-16-12-22-65(61-41)52(68)42(25-32-23-36(35)26-37(24-32)50(56)57)59-51(67)48(34-13-9-10-14-34)63(6)44(66)29-62(5)53(69)47-46(60-47)33-17-18-33/h11,15,19-21,23-24,26-27,31,33-34,41-42,46-48,50,60-61H,8-10,12-14,16-18,22,25,28-30H2,1-7H3,(H,59,67)/t31-,41-,42-,46+,47+,48?/m0/s1. The van der Waals surface area contributed by atoms with Crippen LogP contribution in [0.5, 0.6) is 0 Å². The van der Waals surface area contributed by atoms with E-state index in [2.05, 4.69) is 27.6 Å². The van der Waals surface area contributed by atoms with Crippen LogP contribution in [0.15, 0.2) is 54.7 Å². The number of hydrogen-bond acceptors (Lipinski definition) is 10. The minimum atomic E-state index is -2.85. The molecule has 6 bridgehead atoms. The Morgan fingerprint density at radius 3 is 2.47 bits per heavy atom. The van der Waals surface area contributed by atoms with Crippen LogP contribution < -0.4 is 16.1 Å². The number of carbonyl (C=O) groups is 5. The molecule has 6 atom stereocenters. The highest BCUT2D eigenvalue weighted by Crippen LogP contribution is 2.43. The number of carbonyl (C=O) groups excluding carboxylic acids is 5. The second-order valence-electron chi connectivity index (χ2n) is 21.6. The minimum absolute atomic E-state index is 0.0555. The van der Waals surface area contributed by atoms with E-state index in [9.17, 15) is 24.0 Å². The largest absolute Gasteiger partial charge is 0.464 e. The number of likely N-dealkylation sites (N-methyl/N-ethyl adjacent to an activating group) is 2. The first-order valence-corrected chi connectivity index (χ1v) is 25.8. The molecule has 1 unspecified atom stereocenters. The van der Waals surface area contributed by atoms with Crippen LogP contribution in [0.2, 0.25) is 0 Å². The number of fused-ring (bicyclic) bond motifs is 6. The molecule has 2 aliphatic carbocycles. The molecule has 3 aliphatic heterocycles. The van der Waals surface area contributed by atoms with Crippen LogP contribution in [0.3, 0.4) is 0 Å². The topological polar surface area (TPSA) is 177 Å². The summed E-state index contributed by atoms with van der Waals surface area (Å²) in [6.45, 7) is 8.75. The van der Waals surface area contributed by atoms with Gasteiger partial charge in [-0.15, -0.1) is 0 Å². The van der Waals surface area contributed by atoms with E-state index in [1.807, 2.05) is 51.1 Å². The lowest BCUT2D eigenvalue weighted by atomic mass is 9.84. The van der Waals surface area contributed by atoms with Gasteiger partial charge in [-0.1, -0.05) is 44.9 Å². The van der Waals surface area contributed by atoms with Crippen molar-refractivity contribution in [3.05, 3.63) is 77.1 Å². The Bertz CT molecular complexity index is 2720. The number of esters is 1. The predicted molar refractivity (Wildman–Crippen MR) is 268 cm³/mol. The minimum Gasteiger partial charge on any atom is -0.464 e. The highest BCUT2D eigenvalue weighted by molar-refractivity contribution is 5.96. The zero-order valence-electron chi connectivity index (χ0n) is 42.6. The summed E-state index contributed by atoms with van der Waals surface area (Å²) < 4.78 is 44.4. The normalized spacial score (nSPS) is 23.3. The molecule has 5 aliphatic rings. The van der Waals surface area contributed by atoms with Crippen LogP contribution in [0.1, 0.15) is 114 Å². The number of hydrogen-bond donors (Lipinski definition) is 3. The van der Waals surface area contributed by atoms with Gasteiger partial charge in [0.2, 0.25) is 17.7 Å². The van der Waals surface area contributed by atoms with Crippen LogP contribution in [0, 0.1) is 17.3 Å². The average molecular weight is 993 g/mol. The number of nitrogens with zero attached hydrogens (tertiary/aromatic N) is 5. The molecule has 15 nitrogen and oxygen atoms in total. The quantitative estimate of drug-likeness (QED) is 0.0943. The molecule has 2 aromatic carbocycles. The van der Waals surface area contributed by atoms with Gasteiger partial charge in [0.15, 0.2) is 0 Å². The molecule has 5 heterocycles. The third-order valence-electron chi connectivity index (χ3n) is 15.7. The van der Waals surface area contributed by atoms with Crippen LogP contribution in [-0.4, -0.2) is 125 Å². The molecule has 4 aromatic rings. The van der Waals surface area contributed by atoms with Crippen LogP contribution in [-0.2, 0) is 52.8 Å². The molecule has 0 spiro atoms. The van der Waals surface area contributed by atoms with Gasteiger partial charge >= 0.3 is 5.97 Å². The molecule has 17 heteroatoms. The van der Waals surface area contributed by atoms with E-state index in [0.717, 1.165) is 59.1 Å². The number of nitrogens with one attached hydrogen (secondary N) is 3. The van der Waals surface area contributed by atoms with Gasteiger partial charge < -0.3 is 29.2 Å². The fourth-order valence-corrected chi connectivity index (χ4v) is 11.5. The Morgan fingerprint density at radius 2 is 1.76 bits per heavy atom. The Morgan fingerprint density at radius 1 is 1.00 bits per heavy atom. The number of methoxy groups -OCH3 is 1. The third-order valence-corrected chi connectivity index (χ3v) is 15.7. The molecule has 3 N–H and O–H groups in total. The van der Waals surface area contributed by atoms with E-state index in [1.165, 1.54) is 26.9 Å². The van der Waals surface area contributed by atoms with Gasteiger partial charge in [0.25, 0.3) is 12.3 Å². The summed E-state index contributed by atoms with van der Waals surface area (Å²) in [5.74, 6) is -1.95. The Hall–Kier alpha value is -5.78. The van der Waals surface area contributed by atoms with Crippen molar-refractivity contribution >= 4 is 40.5 Å². The van der Waals surface area contributed by atoms with Crippen molar-refractivity contribution in [2.24, 2.45) is 17.3 Å². The smallest absolute Gasteiger partial charge is 0.324 e. The number of halogens is 2. The van der Waals surface area contributed by atoms with Gasteiger partial charge in [-0.3, -0.25) is 39.3 Å². The van der Waals surface area contributed by atoms with E-state index in [-0.39, 0.29) is 61.7 Å². The second-order valence-corrected chi connectivity index (χ2v) is 21.6. The number of cyclic esters (lactones) is 1. The fraction of sp³-hybridized carbons (Fsp3) is 0.564. The predicted octanol–water partition coefficient (Wildman–Crippen LogP) is 6.91. The van der Waals surface area contributed by atoms with Crippen molar-refractivity contribution in [2.75, 3.05) is 40.9 Å². The molecule has 0 radical (unpaired) electrons. The SMILES string of the molecule is CCn1c(-c2cccnc2[C@H](C)OC)c2c3cc(ccc31)-c1cc(cc(C(F)F)c1)C[C@H](NC(=O)C(C1CCCC1)N(C)C(=O)CN(C)C(=O)[C@@H]1N[C@@H]1C1CC1)C(=O)N1CCC[C@H](N1)C(=O)OCC(C)(C)C2. The Kier molecular flexibility index (Phi) is 14.9. The molecule has 9 rings (SSSR count). The van der Waals surface area contributed by atoms with Gasteiger partial charge in [0.1, 0.15) is 24.2 Å². The summed E-state index contributed by atoms with van der Waals surface area (Å²) in [5, 5.41) is 8.49. The lowest BCUT2D eigenvalue weighted by molar-refractivity contribution is -0.155. The molecule has 4 amide bonds. The molecule has 2 aromatic heterocycles. The number of benzene rings is 2. The third kappa shape index (κ3) is 10.7. The van der Waals surface area contributed by atoms with Crippen molar-refractivity contribution in [2.45, 2.75) is 141 Å². The molecule has 2 saturated carbocycles. The van der Waals surface area contributed by atoms with Gasteiger partial charge in [0.05, 0.1) is 30.6 Å². The maximum atomic E-state index is 15.1. The summed E-state index contributed by atoms with van der Waals surface area (Å²) in [6.07, 6.45) is 4.95. The maximum absolute atomic E-state index is 15.1. The number of aromatic nitrogens is 2. The van der Waals surface area contributed by atoms with E-state index in [1.54, 1.807) is 33.5 Å². The van der Waals surface area contributed by atoms with Gasteiger partial charge in [-0.05, 0) is 123 Å². The summed E-state index contributed by atoms with van der Waals surface area (Å²) in [5.41, 5.74) is 8.32. The maximum Gasteiger partial charge on any atom is 0.324 e. The Balaban J connectivity index is 1.11. The van der Waals surface area contributed by atoms with Crippen molar-refractivity contribution < 1.29 is 42.2 Å². The van der Waals surface area contributed by atoms with Crippen molar-refractivity contribution in [1.29, 1.82) is 0 Å². The Labute approximate surface area is 420 Å². The zero-order chi connectivity index (χ0) is 51.2. The first kappa shape index (κ1) is 51.1. The van der Waals surface area contributed by atoms with Gasteiger partial charge in [-0.2, -0.15) is 0 Å². The van der Waals surface area contributed by atoms with Crippen LogP contribution >= 0.6 is 0 Å². The zero-order valence-corrected chi connectivity index (χ0v) is 42.6. The fourth-order valence-electron chi connectivity index (χ4n) is 11.5. The molecule has 4 fully saturated rings. The monoisotopic (exact) mass is 993 g/mol. The molecule has 72 heavy (non-hydrogen) atoms. The van der Waals surface area contributed by atoms with Crippen molar-refractivity contribution in [3.8, 4) is 22.4 Å². The summed E-state index contributed by atoms with van der Waals surface area (Å²) in [4.78, 5) is 78.8. The average Bonchev–Trinajstić information content (AvgIpc) is 4.30. The molecule has 2 saturated heterocycles. The lowest BCUT2D eigenvalue weighted by Gasteiger charge is -2.37. The van der Waals surface area contributed by atoms with Crippen molar-refractivity contribution in [1.82, 2.24) is 40.4 Å². The molecular formula is C55H70F2N8O7. The number of alkyl halides is 2. The number of rotatable bonds is 13. The summed E-state index contributed by atoms with van der Waals surface area (Å²) >= 11 is 0. The van der Waals surface area contributed by atoms with Crippen LogP contribution in [0.25, 0.3) is 33.3 Å². The first-order valence-electron chi connectivity index (χ1n) is 25.8. The number of pyridine rings is 1. The van der Waals surface area contributed by atoms with Crippen molar-refractivity contribution in [3.63, 3.8) is 0 Å². The highest BCUT2D eigenvalue weighted by atomic mass is 19.3. The van der Waals surface area contributed by atoms with Crippen LogP contribution in [0.4, 0.5) is 8.78 Å². The lowest BCUT2D eigenvalue weighted by Crippen LogP contribution is -2.62. The summed E-state index contributed by atoms with van der Waals surface area (Å²) in [6, 6.07) is 11.2. The van der Waals surface area contributed by atoms with E-state index < -0.39 is 53.7 Å². The number of aryl methyl sites for hydroxylation is 1. The summed E-state index contributed by atoms with van der Waals surface area (Å²) in [7, 11) is 4.81.